The predicted octanol–water partition coefficient (Wildman–Crippen LogP) is 3.58. The number of carbonyl (C=O) groups excluding carboxylic acids is 2. The van der Waals surface area contributed by atoms with Crippen molar-refractivity contribution in [3.05, 3.63) is 70.3 Å². The summed E-state index contributed by atoms with van der Waals surface area (Å²) in [6.45, 7) is 3.81. The highest BCUT2D eigenvalue weighted by atomic mass is 16.4. The molecule has 0 unspecified atom stereocenters. The Morgan fingerprint density at radius 1 is 0.900 bits per heavy atom. The topological polar surface area (TPSA) is 152 Å². The van der Waals surface area contributed by atoms with Crippen molar-refractivity contribution in [2.75, 3.05) is 0 Å². The number of Topliss-reactive ketones (excluding diaryl/α,β-unsaturated/α-hetero) is 2. The maximum Gasteiger partial charge on any atom is 0.335 e. The summed E-state index contributed by atoms with van der Waals surface area (Å²) in [4.78, 5) is 34.1. The molecule has 2 aromatic carbocycles. The monoisotopic (exact) mass is 412 g/mol. The van der Waals surface area contributed by atoms with Gasteiger partial charge in [-0.3, -0.25) is 9.59 Å². The van der Waals surface area contributed by atoms with Gasteiger partial charge in [0.15, 0.2) is 17.2 Å². The number of aromatic carboxylic acids is 1. The van der Waals surface area contributed by atoms with Crippen molar-refractivity contribution in [1.82, 2.24) is 0 Å². The van der Waals surface area contributed by atoms with Gasteiger partial charge in [0.2, 0.25) is 11.6 Å². The quantitative estimate of drug-likeness (QED) is 0.291. The molecule has 3 rings (SSSR count). The molecule has 0 aromatic heterocycles. The summed E-state index contributed by atoms with van der Waals surface area (Å²) in [5.41, 5.74) is 1.65. The molecular formula is C22H20O8. The highest BCUT2D eigenvalue weighted by molar-refractivity contribution is 6.52. The maximum absolute atomic E-state index is 11.9. The third-order valence-corrected chi connectivity index (χ3v) is 4.22. The Morgan fingerprint density at radius 2 is 1.43 bits per heavy atom. The van der Waals surface area contributed by atoms with E-state index in [-0.39, 0.29) is 28.9 Å². The molecule has 0 atom stereocenters. The molecule has 0 fully saturated rings. The van der Waals surface area contributed by atoms with Gasteiger partial charge >= 0.3 is 5.97 Å². The van der Waals surface area contributed by atoms with Crippen molar-refractivity contribution >= 4 is 23.3 Å². The Morgan fingerprint density at radius 3 is 1.93 bits per heavy atom. The molecule has 1 aliphatic rings. The normalized spacial score (nSPS) is 12.6. The van der Waals surface area contributed by atoms with Gasteiger partial charge in [-0.25, -0.2) is 4.79 Å². The van der Waals surface area contributed by atoms with Gasteiger partial charge in [0.1, 0.15) is 5.76 Å². The average molecular weight is 412 g/mol. The van der Waals surface area contributed by atoms with E-state index in [1.165, 1.54) is 0 Å². The molecule has 2 aromatic rings. The molecule has 0 saturated carbocycles. The molecule has 0 aliphatic heterocycles. The highest BCUT2D eigenvalue weighted by Crippen LogP contribution is 2.35. The van der Waals surface area contributed by atoms with E-state index in [1.54, 1.807) is 24.3 Å². The van der Waals surface area contributed by atoms with Crippen LogP contribution in [0.5, 0.6) is 17.2 Å². The summed E-state index contributed by atoms with van der Waals surface area (Å²) in [5.74, 6) is -4.56. The molecule has 5 N–H and O–H groups in total. The fourth-order valence-electron chi connectivity index (χ4n) is 2.64. The number of aromatic hydroxyl groups is 3. The van der Waals surface area contributed by atoms with Crippen LogP contribution in [0.3, 0.4) is 0 Å². The number of ketones is 2. The number of carbonyl (C=O) groups is 3. The number of carboxylic acids is 1. The van der Waals surface area contributed by atoms with Crippen LogP contribution in [0.4, 0.5) is 0 Å². The second-order valence-corrected chi connectivity index (χ2v) is 6.68. The molecular weight excluding hydrogens is 392 g/mol. The number of allylic oxidation sites excluding steroid dienone is 3. The van der Waals surface area contributed by atoms with Gasteiger partial charge in [-0.05, 0) is 32.4 Å². The second kappa shape index (κ2) is 8.95. The van der Waals surface area contributed by atoms with E-state index >= 15 is 0 Å². The first kappa shape index (κ1) is 22.2. The van der Waals surface area contributed by atoms with Crippen molar-refractivity contribution < 1.29 is 39.9 Å². The van der Waals surface area contributed by atoms with Crippen LogP contribution < -0.4 is 0 Å². The lowest BCUT2D eigenvalue weighted by Crippen LogP contribution is -2.23. The third kappa shape index (κ3) is 4.67. The number of phenolic OH excluding ortho intramolecular Hbond substituents is 3. The molecule has 0 radical (unpaired) electrons. The minimum Gasteiger partial charge on any atom is -0.507 e. The Hall–Kier alpha value is -4.07. The summed E-state index contributed by atoms with van der Waals surface area (Å²) in [5, 5.41) is 45.1. The van der Waals surface area contributed by atoms with Crippen LogP contribution in [0.2, 0.25) is 0 Å². The van der Waals surface area contributed by atoms with Gasteiger partial charge < -0.3 is 25.5 Å². The van der Waals surface area contributed by atoms with Gasteiger partial charge in [-0.2, -0.15) is 0 Å². The smallest absolute Gasteiger partial charge is 0.335 e. The number of hydrogen-bond acceptors (Lipinski definition) is 7. The molecule has 0 spiro atoms. The standard InChI is InChI=1S/C15H14O3.C7H6O5/c1-9(2)7-8-12-13(16)10-5-3-4-6-11(10)14(17)15(12)18;8-4-1-3(7(11)12)2-5(9)6(4)10/h3-7,16H,8H2,1-2H3;1-2,8-10H,(H,11,12). The van der Waals surface area contributed by atoms with E-state index in [2.05, 4.69) is 0 Å². The van der Waals surface area contributed by atoms with Gasteiger partial charge in [0, 0.05) is 16.7 Å². The van der Waals surface area contributed by atoms with Crippen molar-refractivity contribution in [3.8, 4) is 17.2 Å². The van der Waals surface area contributed by atoms with E-state index in [1.807, 2.05) is 19.9 Å². The van der Waals surface area contributed by atoms with Crippen molar-refractivity contribution in [2.24, 2.45) is 0 Å². The van der Waals surface area contributed by atoms with E-state index in [0.717, 1.165) is 17.7 Å². The number of aliphatic hydroxyl groups excluding tert-OH is 1. The molecule has 156 valence electrons. The van der Waals surface area contributed by atoms with Crippen molar-refractivity contribution in [2.45, 2.75) is 20.3 Å². The summed E-state index contributed by atoms with van der Waals surface area (Å²) in [7, 11) is 0. The number of hydrogen-bond donors (Lipinski definition) is 5. The van der Waals surface area contributed by atoms with Gasteiger partial charge in [0.05, 0.1) is 5.56 Å². The molecule has 0 bridgehead atoms. The molecule has 8 heteroatoms. The molecule has 1 aliphatic carbocycles. The molecule has 0 amide bonds. The number of carboxylic acid groups (broad SMARTS) is 1. The van der Waals surface area contributed by atoms with E-state index < -0.39 is 34.8 Å². The number of fused-ring (bicyclic) bond motifs is 1. The van der Waals surface area contributed by atoms with Crippen LogP contribution in [0.15, 0.2) is 53.6 Å². The first-order valence-corrected chi connectivity index (χ1v) is 8.76. The van der Waals surface area contributed by atoms with Crippen molar-refractivity contribution in [1.29, 1.82) is 0 Å². The molecule has 8 nitrogen and oxygen atoms in total. The Kier molecular flexibility index (Phi) is 6.63. The Balaban J connectivity index is 0.000000232. The lowest BCUT2D eigenvalue weighted by atomic mass is 9.87. The highest BCUT2D eigenvalue weighted by Gasteiger charge is 2.31. The van der Waals surface area contributed by atoms with E-state index in [9.17, 15) is 19.5 Å². The van der Waals surface area contributed by atoms with E-state index in [0.29, 0.717) is 5.56 Å². The van der Waals surface area contributed by atoms with Crippen LogP contribution in [-0.4, -0.2) is 43.1 Å². The van der Waals surface area contributed by atoms with Crippen LogP contribution >= 0.6 is 0 Å². The number of aliphatic hydroxyl groups is 1. The molecule has 30 heavy (non-hydrogen) atoms. The van der Waals surface area contributed by atoms with Crippen LogP contribution in [-0.2, 0) is 4.79 Å². The Bertz CT molecular complexity index is 1070. The Labute approximate surface area is 171 Å². The van der Waals surface area contributed by atoms with E-state index in [4.69, 9.17) is 20.4 Å². The third-order valence-electron chi connectivity index (χ3n) is 4.22. The minimum atomic E-state index is -1.29. The largest absolute Gasteiger partial charge is 0.507 e. The van der Waals surface area contributed by atoms with Crippen LogP contribution in [0, 0.1) is 0 Å². The molecule has 0 saturated heterocycles. The molecule has 0 heterocycles. The lowest BCUT2D eigenvalue weighted by Gasteiger charge is -2.16. The minimum absolute atomic E-state index is 0.0762. The van der Waals surface area contributed by atoms with Crippen LogP contribution in [0.1, 0.15) is 46.5 Å². The average Bonchev–Trinajstić information content (AvgIpc) is 2.70. The summed E-state index contributed by atoms with van der Waals surface area (Å²) in [6.07, 6.45) is 2.11. The second-order valence-electron chi connectivity index (χ2n) is 6.68. The van der Waals surface area contributed by atoms with Crippen LogP contribution in [0.25, 0.3) is 5.76 Å². The van der Waals surface area contributed by atoms with Gasteiger partial charge in [0.25, 0.3) is 0 Å². The summed E-state index contributed by atoms with van der Waals surface area (Å²) >= 11 is 0. The summed E-state index contributed by atoms with van der Waals surface area (Å²) in [6, 6.07) is 8.31. The van der Waals surface area contributed by atoms with Gasteiger partial charge in [-0.15, -0.1) is 0 Å². The zero-order valence-electron chi connectivity index (χ0n) is 16.2. The fraction of sp³-hybridized carbons (Fsp3) is 0.136. The van der Waals surface area contributed by atoms with Crippen molar-refractivity contribution in [3.63, 3.8) is 0 Å². The lowest BCUT2D eigenvalue weighted by molar-refractivity contribution is -0.112. The first-order chi connectivity index (χ1) is 14.0. The number of phenols is 3. The number of benzene rings is 2. The summed E-state index contributed by atoms with van der Waals surface area (Å²) < 4.78 is 0. The zero-order chi connectivity index (χ0) is 22.6. The van der Waals surface area contributed by atoms with Gasteiger partial charge in [-0.1, -0.05) is 35.9 Å². The zero-order valence-corrected chi connectivity index (χ0v) is 16.2. The first-order valence-electron chi connectivity index (χ1n) is 8.76. The maximum atomic E-state index is 11.9. The SMILES string of the molecule is CC(C)=CCC1=C(O)c2ccccc2C(=O)C1=O.O=C(O)c1cc(O)c(O)c(O)c1. The number of rotatable bonds is 3. The predicted molar refractivity (Wildman–Crippen MR) is 108 cm³/mol. The fourth-order valence-corrected chi connectivity index (χ4v) is 2.64.